The Morgan fingerprint density at radius 3 is 1.85 bits per heavy atom. The molecule has 0 aliphatic carbocycles. The van der Waals surface area contributed by atoms with Crippen molar-refractivity contribution in [2.75, 3.05) is 0 Å². The van der Waals surface area contributed by atoms with E-state index in [1.807, 2.05) is 83.4 Å². The zero-order valence-corrected chi connectivity index (χ0v) is 29.0. The van der Waals surface area contributed by atoms with E-state index in [2.05, 4.69) is 108 Å². The zero-order valence-electron chi connectivity index (χ0n) is 29.0. The SMILES string of the molecule is O=c1c2ccccc2c2cc3c4c5ccccc5ccc4n(-c4nc(-c5ccccc5)c5ccccc5n4)c3cc2n1-c1cccc(-c2ccccc2)c1. The van der Waals surface area contributed by atoms with E-state index in [4.69, 9.17) is 9.97 Å². The summed E-state index contributed by atoms with van der Waals surface area (Å²) in [4.78, 5) is 25.3. The lowest BCUT2D eigenvalue weighted by Gasteiger charge is -2.16. The lowest BCUT2D eigenvalue weighted by molar-refractivity contribution is 1.01. The van der Waals surface area contributed by atoms with Gasteiger partial charge in [0.15, 0.2) is 0 Å². The van der Waals surface area contributed by atoms with Crippen molar-refractivity contribution in [3.05, 3.63) is 192 Å². The third-order valence-corrected chi connectivity index (χ3v) is 10.7. The third-order valence-electron chi connectivity index (χ3n) is 10.7. The highest BCUT2D eigenvalue weighted by molar-refractivity contribution is 6.24. The van der Waals surface area contributed by atoms with E-state index < -0.39 is 0 Å². The number of para-hydroxylation sites is 1. The second-order valence-corrected chi connectivity index (χ2v) is 13.8. The van der Waals surface area contributed by atoms with Gasteiger partial charge < -0.3 is 0 Å². The van der Waals surface area contributed by atoms with Gasteiger partial charge in [-0.15, -0.1) is 0 Å². The van der Waals surface area contributed by atoms with Crippen molar-refractivity contribution in [1.82, 2.24) is 19.1 Å². The third kappa shape index (κ3) is 4.55. The van der Waals surface area contributed by atoms with Crippen LogP contribution in [0.3, 0.4) is 0 Å². The standard InChI is InChI=1S/C49H30N4O/c54-48-38-23-10-9-22-37(38)40-29-41-45(30-44(40)52(48)35-20-13-19-34(28-35)31-14-3-1-4-15-31)53(43-27-26-32-16-7-8-21-36(32)46(41)43)49-50-42-25-12-11-24-39(42)47(51-49)33-17-5-2-6-18-33/h1-30H. The largest absolute Gasteiger partial charge is 0.278 e. The van der Waals surface area contributed by atoms with Crippen LogP contribution >= 0.6 is 0 Å². The van der Waals surface area contributed by atoms with Crippen molar-refractivity contribution in [2.45, 2.75) is 0 Å². The first-order valence-electron chi connectivity index (χ1n) is 18.1. The zero-order chi connectivity index (χ0) is 35.8. The van der Waals surface area contributed by atoms with Crippen LogP contribution in [0.15, 0.2) is 187 Å². The Labute approximate surface area is 309 Å². The summed E-state index contributed by atoms with van der Waals surface area (Å²) >= 11 is 0. The molecule has 3 aromatic heterocycles. The molecular weight excluding hydrogens is 661 g/mol. The number of hydrogen-bond acceptors (Lipinski definition) is 3. The molecule has 5 nitrogen and oxygen atoms in total. The normalized spacial score (nSPS) is 11.8. The van der Waals surface area contributed by atoms with Crippen molar-refractivity contribution >= 4 is 65.2 Å². The monoisotopic (exact) mass is 690 g/mol. The second kappa shape index (κ2) is 11.8. The molecule has 0 fully saturated rings. The minimum absolute atomic E-state index is 0.0657. The number of fused-ring (bicyclic) bond motifs is 9. The van der Waals surface area contributed by atoms with Crippen LogP contribution in [0, 0.1) is 0 Å². The quantitative estimate of drug-likeness (QED) is 0.173. The molecule has 0 spiro atoms. The van der Waals surface area contributed by atoms with Crippen molar-refractivity contribution in [3.63, 3.8) is 0 Å². The first-order valence-corrected chi connectivity index (χ1v) is 18.1. The number of aromatic nitrogens is 4. The fourth-order valence-corrected chi connectivity index (χ4v) is 8.26. The average molecular weight is 691 g/mol. The van der Waals surface area contributed by atoms with Crippen LogP contribution in [0.2, 0.25) is 0 Å². The predicted molar refractivity (Wildman–Crippen MR) is 223 cm³/mol. The molecule has 0 saturated carbocycles. The highest BCUT2D eigenvalue weighted by Gasteiger charge is 2.22. The Morgan fingerprint density at radius 2 is 1.04 bits per heavy atom. The van der Waals surface area contributed by atoms with Crippen molar-refractivity contribution in [3.8, 4) is 34.0 Å². The molecule has 0 atom stereocenters. The lowest BCUT2D eigenvalue weighted by Crippen LogP contribution is -2.19. The first-order chi connectivity index (χ1) is 26.7. The molecular formula is C49H30N4O. The minimum Gasteiger partial charge on any atom is -0.278 e. The summed E-state index contributed by atoms with van der Waals surface area (Å²) in [5.41, 5.74) is 8.36. The Morgan fingerprint density at radius 1 is 0.389 bits per heavy atom. The molecule has 8 aromatic carbocycles. The summed E-state index contributed by atoms with van der Waals surface area (Å²) in [6.07, 6.45) is 0. The fraction of sp³-hybridized carbons (Fsp3) is 0. The predicted octanol–water partition coefficient (Wildman–Crippen LogP) is 11.7. The summed E-state index contributed by atoms with van der Waals surface area (Å²) in [5.74, 6) is 0.572. The van der Waals surface area contributed by atoms with Crippen LogP contribution in [-0.4, -0.2) is 19.1 Å². The van der Waals surface area contributed by atoms with Gasteiger partial charge in [0.05, 0.1) is 27.8 Å². The fourth-order valence-electron chi connectivity index (χ4n) is 8.26. The van der Waals surface area contributed by atoms with Gasteiger partial charge in [0.2, 0.25) is 5.95 Å². The van der Waals surface area contributed by atoms with E-state index in [-0.39, 0.29) is 5.56 Å². The van der Waals surface area contributed by atoms with Crippen molar-refractivity contribution < 1.29 is 0 Å². The topological polar surface area (TPSA) is 52.7 Å². The molecule has 0 unspecified atom stereocenters. The molecule has 5 heteroatoms. The summed E-state index contributed by atoms with van der Waals surface area (Å²) in [5, 5.41) is 8.08. The molecule has 0 saturated heterocycles. The highest BCUT2D eigenvalue weighted by Crippen LogP contribution is 2.40. The van der Waals surface area contributed by atoms with Gasteiger partial charge in [-0.3, -0.25) is 13.9 Å². The van der Waals surface area contributed by atoms with Gasteiger partial charge >= 0.3 is 0 Å². The summed E-state index contributed by atoms with van der Waals surface area (Å²) in [6.45, 7) is 0. The number of rotatable bonds is 4. The average Bonchev–Trinajstić information content (AvgIpc) is 3.57. The Kier molecular flexibility index (Phi) is 6.64. The molecule has 0 aliphatic heterocycles. The van der Waals surface area contributed by atoms with E-state index in [0.29, 0.717) is 11.3 Å². The van der Waals surface area contributed by atoms with Crippen LogP contribution in [0.25, 0.3) is 99.2 Å². The Balaban J connectivity index is 1.31. The van der Waals surface area contributed by atoms with E-state index in [1.165, 1.54) is 0 Å². The van der Waals surface area contributed by atoms with Crippen LogP contribution in [0.4, 0.5) is 0 Å². The van der Waals surface area contributed by atoms with Crippen LogP contribution in [0.5, 0.6) is 0 Å². The molecule has 11 aromatic rings. The van der Waals surface area contributed by atoms with E-state index >= 15 is 0 Å². The van der Waals surface area contributed by atoms with Gasteiger partial charge in [0.25, 0.3) is 5.56 Å². The van der Waals surface area contributed by atoms with Crippen molar-refractivity contribution in [2.24, 2.45) is 0 Å². The summed E-state index contributed by atoms with van der Waals surface area (Å²) in [7, 11) is 0. The first kappa shape index (κ1) is 30.3. The van der Waals surface area contributed by atoms with Gasteiger partial charge in [-0.1, -0.05) is 140 Å². The Hall–Kier alpha value is -7.37. The van der Waals surface area contributed by atoms with Crippen LogP contribution in [-0.2, 0) is 0 Å². The van der Waals surface area contributed by atoms with Gasteiger partial charge in [-0.25, -0.2) is 9.97 Å². The number of nitrogens with zero attached hydrogens (tertiary/aromatic N) is 4. The smallest absolute Gasteiger partial charge is 0.263 e. The summed E-state index contributed by atoms with van der Waals surface area (Å²) in [6, 6.07) is 62.3. The second-order valence-electron chi connectivity index (χ2n) is 13.8. The minimum atomic E-state index is -0.0657. The molecule has 252 valence electrons. The molecule has 0 radical (unpaired) electrons. The maximum absolute atomic E-state index is 14.7. The molecule has 54 heavy (non-hydrogen) atoms. The molecule has 0 amide bonds. The Bertz CT molecular complexity index is 3350. The van der Waals surface area contributed by atoms with Crippen LogP contribution in [0.1, 0.15) is 0 Å². The number of benzene rings is 8. The van der Waals surface area contributed by atoms with E-state index in [0.717, 1.165) is 87.8 Å². The number of hydrogen-bond donors (Lipinski definition) is 0. The maximum atomic E-state index is 14.7. The molecule has 0 bridgehead atoms. The molecule has 0 N–H and O–H groups in total. The molecule has 0 aliphatic rings. The number of pyridine rings is 1. The highest BCUT2D eigenvalue weighted by atomic mass is 16.1. The van der Waals surface area contributed by atoms with E-state index in [9.17, 15) is 4.79 Å². The van der Waals surface area contributed by atoms with Gasteiger partial charge in [-0.05, 0) is 69.8 Å². The molecule has 3 heterocycles. The van der Waals surface area contributed by atoms with Gasteiger partial charge in [-0.2, -0.15) is 0 Å². The van der Waals surface area contributed by atoms with E-state index in [1.54, 1.807) is 0 Å². The van der Waals surface area contributed by atoms with Crippen molar-refractivity contribution in [1.29, 1.82) is 0 Å². The van der Waals surface area contributed by atoms with Crippen LogP contribution < -0.4 is 5.56 Å². The van der Waals surface area contributed by atoms with Gasteiger partial charge in [0.1, 0.15) is 0 Å². The molecule has 11 rings (SSSR count). The summed E-state index contributed by atoms with van der Waals surface area (Å²) < 4.78 is 4.06. The maximum Gasteiger partial charge on any atom is 0.263 e. The lowest BCUT2D eigenvalue weighted by atomic mass is 10.00. The van der Waals surface area contributed by atoms with Gasteiger partial charge in [0, 0.05) is 38.2 Å².